The highest BCUT2D eigenvalue weighted by atomic mass is 16.5. The van der Waals surface area contributed by atoms with Crippen LogP contribution in [0, 0.1) is 0 Å². The lowest BCUT2D eigenvalue weighted by Crippen LogP contribution is -2.46. The van der Waals surface area contributed by atoms with Gasteiger partial charge in [-0.3, -0.25) is 4.79 Å². The molecule has 0 aromatic heterocycles. The van der Waals surface area contributed by atoms with E-state index in [2.05, 4.69) is 10.6 Å². The van der Waals surface area contributed by atoms with E-state index in [1.807, 2.05) is 39.0 Å². The Bertz CT molecular complexity index is 578. The molecule has 6 heteroatoms. The molecule has 0 saturated heterocycles. The van der Waals surface area contributed by atoms with Crippen LogP contribution in [0.15, 0.2) is 18.2 Å². The van der Waals surface area contributed by atoms with E-state index in [9.17, 15) is 9.59 Å². The summed E-state index contributed by atoms with van der Waals surface area (Å²) in [4.78, 5) is 24.9. The first-order valence-corrected chi connectivity index (χ1v) is 7.34. The number of carbonyl (C=O) groups excluding carboxylic acids is 2. The molecule has 22 heavy (non-hydrogen) atoms. The van der Waals surface area contributed by atoms with Crippen molar-refractivity contribution in [3.63, 3.8) is 0 Å². The number of anilines is 1. The number of nitrogens with zero attached hydrogens (tertiary/aromatic N) is 1. The van der Waals surface area contributed by atoms with E-state index in [1.165, 1.54) is 0 Å². The summed E-state index contributed by atoms with van der Waals surface area (Å²) in [6.07, 6.45) is 0.687. The molecule has 0 aliphatic carbocycles. The maximum absolute atomic E-state index is 11.7. The van der Waals surface area contributed by atoms with Crippen molar-refractivity contribution in [2.24, 2.45) is 0 Å². The summed E-state index contributed by atoms with van der Waals surface area (Å²) in [5.74, 6) is 0.650. The number of urea groups is 1. The number of nitrogens with one attached hydrogen (secondary N) is 2. The van der Waals surface area contributed by atoms with Crippen LogP contribution in [-0.2, 0) is 11.2 Å². The van der Waals surface area contributed by atoms with Crippen LogP contribution in [-0.4, -0.2) is 37.7 Å². The highest BCUT2D eigenvalue weighted by Gasteiger charge is 2.22. The van der Waals surface area contributed by atoms with Crippen molar-refractivity contribution in [1.82, 2.24) is 10.6 Å². The minimum absolute atomic E-state index is 0.0627. The Morgan fingerprint density at radius 2 is 2.09 bits per heavy atom. The molecule has 0 unspecified atom stereocenters. The molecule has 3 amide bonds. The van der Waals surface area contributed by atoms with Gasteiger partial charge in [-0.2, -0.15) is 0 Å². The van der Waals surface area contributed by atoms with E-state index < -0.39 is 0 Å². The van der Waals surface area contributed by atoms with Crippen molar-refractivity contribution in [3.05, 3.63) is 23.8 Å². The van der Waals surface area contributed by atoms with Crippen LogP contribution in [0.25, 0.3) is 0 Å². The Balaban J connectivity index is 1.92. The molecule has 0 spiro atoms. The average Bonchev–Trinajstić information content (AvgIpc) is 2.41. The van der Waals surface area contributed by atoms with Gasteiger partial charge in [0.15, 0.2) is 6.61 Å². The van der Waals surface area contributed by atoms with Crippen molar-refractivity contribution < 1.29 is 14.3 Å². The van der Waals surface area contributed by atoms with E-state index in [0.29, 0.717) is 18.7 Å². The highest BCUT2D eigenvalue weighted by molar-refractivity contribution is 5.97. The quantitative estimate of drug-likeness (QED) is 0.892. The van der Waals surface area contributed by atoms with Crippen molar-refractivity contribution >= 4 is 17.6 Å². The predicted molar refractivity (Wildman–Crippen MR) is 85.3 cm³/mol. The number of fused-ring (bicyclic) bond motifs is 1. The van der Waals surface area contributed by atoms with Gasteiger partial charge in [-0.05, 0) is 44.9 Å². The molecule has 2 rings (SSSR count). The Labute approximate surface area is 130 Å². The Kier molecular flexibility index (Phi) is 4.59. The van der Waals surface area contributed by atoms with E-state index in [4.69, 9.17) is 4.74 Å². The van der Waals surface area contributed by atoms with E-state index >= 15 is 0 Å². The summed E-state index contributed by atoms with van der Waals surface area (Å²) in [6, 6.07) is 5.56. The summed E-state index contributed by atoms with van der Waals surface area (Å²) in [5.41, 5.74) is 1.56. The van der Waals surface area contributed by atoms with E-state index in [-0.39, 0.29) is 24.1 Å². The number of hydrogen-bond acceptors (Lipinski definition) is 3. The van der Waals surface area contributed by atoms with Gasteiger partial charge in [0.25, 0.3) is 5.91 Å². The molecule has 1 aromatic carbocycles. The van der Waals surface area contributed by atoms with Crippen molar-refractivity contribution in [3.8, 4) is 5.75 Å². The number of carbonyl (C=O) groups is 2. The highest BCUT2D eigenvalue weighted by Crippen LogP contribution is 2.31. The largest absolute Gasteiger partial charge is 0.482 e. The number of rotatable bonds is 3. The maximum Gasteiger partial charge on any atom is 0.315 e. The van der Waals surface area contributed by atoms with Crippen molar-refractivity contribution in [2.45, 2.75) is 32.7 Å². The minimum atomic E-state index is -0.254. The zero-order valence-electron chi connectivity index (χ0n) is 13.5. The zero-order valence-corrected chi connectivity index (χ0v) is 13.5. The van der Waals surface area contributed by atoms with Gasteiger partial charge in [0.05, 0.1) is 5.69 Å². The Hall–Kier alpha value is -2.24. The molecule has 120 valence electrons. The fraction of sp³-hybridized carbons (Fsp3) is 0.500. The molecule has 1 aliphatic rings. The van der Waals surface area contributed by atoms with Crippen molar-refractivity contribution in [2.75, 3.05) is 25.1 Å². The van der Waals surface area contributed by atoms with Gasteiger partial charge >= 0.3 is 6.03 Å². The third-order valence-electron chi connectivity index (χ3n) is 3.30. The third-order valence-corrected chi connectivity index (χ3v) is 3.30. The molecule has 1 aromatic rings. The molecule has 1 aliphatic heterocycles. The first-order chi connectivity index (χ1) is 10.3. The van der Waals surface area contributed by atoms with E-state index in [0.717, 1.165) is 11.3 Å². The van der Waals surface area contributed by atoms with Gasteiger partial charge in [-0.25, -0.2) is 4.79 Å². The molecule has 0 bridgehead atoms. The molecule has 0 atom stereocenters. The summed E-state index contributed by atoms with van der Waals surface area (Å²) >= 11 is 0. The monoisotopic (exact) mass is 305 g/mol. The lowest BCUT2D eigenvalue weighted by Gasteiger charge is -2.26. The average molecular weight is 305 g/mol. The summed E-state index contributed by atoms with van der Waals surface area (Å²) in [7, 11) is 1.74. The van der Waals surface area contributed by atoms with Crippen LogP contribution in [0.5, 0.6) is 5.75 Å². The molecule has 6 nitrogen and oxygen atoms in total. The first kappa shape index (κ1) is 16.1. The SMILES string of the molecule is CN1C(=O)COc2ccc(CCNC(=O)NC(C)(C)C)cc21. The lowest BCUT2D eigenvalue weighted by atomic mass is 10.1. The van der Waals surface area contributed by atoms with Crippen LogP contribution in [0.4, 0.5) is 10.5 Å². The number of amides is 3. The molecule has 2 N–H and O–H groups in total. The number of hydrogen-bond donors (Lipinski definition) is 2. The lowest BCUT2D eigenvalue weighted by molar-refractivity contribution is -0.120. The van der Waals surface area contributed by atoms with Gasteiger partial charge in [0, 0.05) is 19.1 Å². The minimum Gasteiger partial charge on any atom is -0.482 e. The van der Waals surface area contributed by atoms with Crippen molar-refractivity contribution in [1.29, 1.82) is 0 Å². The van der Waals surface area contributed by atoms with Crippen LogP contribution < -0.4 is 20.3 Å². The van der Waals surface area contributed by atoms with Gasteiger partial charge in [0.2, 0.25) is 0 Å². The fourth-order valence-electron chi connectivity index (χ4n) is 2.18. The molecule has 1 heterocycles. The van der Waals surface area contributed by atoms with Crippen LogP contribution >= 0.6 is 0 Å². The van der Waals surface area contributed by atoms with E-state index in [1.54, 1.807) is 11.9 Å². The predicted octanol–water partition coefficient (Wildman–Crippen LogP) is 1.68. The number of likely N-dealkylation sites (N-methyl/N-ethyl adjacent to an activating group) is 1. The second-order valence-electron chi connectivity index (χ2n) is 6.42. The topological polar surface area (TPSA) is 70.7 Å². The summed E-state index contributed by atoms with van der Waals surface area (Å²) in [6.45, 7) is 6.41. The molecular weight excluding hydrogens is 282 g/mol. The van der Waals surface area contributed by atoms with Crippen LogP contribution in [0.2, 0.25) is 0 Å². The van der Waals surface area contributed by atoms with Crippen LogP contribution in [0.1, 0.15) is 26.3 Å². The summed E-state index contributed by atoms with van der Waals surface area (Å²) in [5, 5.41) is 5.67. The Morgan fingerprint density at radius 1 is 1.36 bits per heavy atom. The van der Waals surface area contributed by atoms with Crippen LogP contribution in [0.3, 0.4) is 0 Å². The fourth-order valence-corrected chi connectivity index (χ4v) is 2.18. The molecule has 0 saturated carbocycles. The second-order valence-corrected chi connectivity index (χ2v) is 6.42. The normalized spacial score (nSPS) is 14.2. The second kappa shape index (κ2) is 6.25. The molecular formula is C16H23N3O3. The summed E-state index contributed by atoms with van der Waals surface area (Å²) < 4.78 is 5.39. The first-order valence-electron chi connectivity index (χ1n) is 7.34. The third kappa shape index (κ3) is 4.13. The standard InChI is InChI=1S/C16H23N3O3/c1-16(2,3)18-15(21)17-8-7-11-5-6-13-12(9-11)19(4)14(20)10-22-13/h5-6,9H,7-8,10H2,1-4H3,(H2,17,18,21). The number of ether oxygens (including phenoxy) is 1. The maximum atomic E-state index is 11.7. The molecule has 0 fully saturated rings. The van der Waals surface area contributed by atoms with Gasteiger partial charge < -0.3 is 20.3 Å². The smallest absolute Gasteiger partial charge is 0.315 e. The Morgan fingerprint density at radius 3 is 2.77 bits per heavy atom. The van der Waals surface area contributed by atoms with Gasteiger partial charge in [0.1, 0.15) is 5.75 Å². The van der Waals surface area contributed by atoms with Gasteiger partial charge in [-0.15, -0.1) is 0 Å². The molecule has 0 radical (unpaired) electrons. The van der Waals surface area contributed by atoms with Gasteiger partial charge in [-0.1, -0.05) is 6.07 Å². The zero-order chi connectivity index (χ0) is 16.3. The number of benzene rings is 1.